The molecule has 0 N–H and O–H groups in total. The molecule has 0 saturated heterocycles. The molecule has 106 valence electrons. The van der Waals surface area contributed by atoms with Gasteiger partial charge in [0, 0.05) is 5.56 Å². The van der Waals surface area contributed by atoms with Gasteiger partial charge < -0.3 is 4.52 Å². The van der Waals surface area contributed by atoms with E-state index in [2.05, 4.69) is 10.1 Å². The average molecular weight is 276 g/mol. The Morgan fingerprint density at radius 1 is 1.35 bits per heavy atom. The lowest BCUT2D eigenvalue weighted by Gasteiger charge is -2.12. The van der Waals surface area contributed by atoms with Gasteiger partial charge in [0.15, 0.2) is 0 Å². The van der Waals surface area contributed by atoms with Crippen LogP contribution in [0.5, 0.6) is 0 Å². The number of carbonyl (C=O) groups excluding carboxylic acids is 1. The molecular formula is C15H17FN2O2. The van der Waals surface area contributed by atoms with E-state index in [1.54, 1.807) is 19.1 Å². The van der Waals surface area contributed by atoms with Crippen LogP contribution >= 0.6 is 0 Å². The van der Waals surface area contributed by atoms with E-state index in [0.29, 0.717) is 22.8 Å². The Balaban J connectivity index is 2.37. The van der Waals surface area contributed by atoms with Crippen LogP contribution in [0.1, 0.15) is 38.1 Å². The lowest BCUT2D eigenvalue weighted by Crippen LogP contribution is -2.15. The number of halogens is 1. The molecule has 2 aromatic rings. The van der Waals surface area contributed by atoms with Gasteiger partial charge in [-0.15, -0.1) is 0 Å². The number of ketones is 1. The lowest BCUT2D eigenvalue weighted by atomic mass is 9.92. The molecular weight excluding hydrogens is 259 g/mol. The first kappa shape index (κ1) is 14.4. The van der Waals surface area contributed by atoms with Crippen LogP contribution in [0.15, 0.2) is 22.7 Å². The maximum Gasteiger partial charge on any atom is 0.237 e. The fraction of sp³-hybridized carbons (Fsp3) is 0.400. The Morgan fingerprint density at radius 3 is 2.60 bits per heavy atom. The van der Waals surface area contributed by atoms with Crippen molar-refractivity contribution >= 4 is 5.78 Å². The van der Waals surface area contributed by atoms with Crippen molar-refractivity contribution in [3.63, 3.8) is 0 Å². The molecule has 0 aliphatic rings. The summed E-state index contributed by atoms with van der Waals surface area (Å²) in [5, 5.41) is 3.88. The van der Waals surface area contributed by atoms with Crippen molar-refractivity contribution in [2.24, 2.45) is 5.92 Å². The van der Waals surface area contributed by atoms with Crippen molar-refractivity contribution in [3.05, 3.63) is 35.5 Å². The number of hydrogen-bond acceptors (Lipinski definition) is 4. The minimum absolute atomic E-state index is 0.00881. The van der Waals surface area contributed by atoms with Gasteiger partial charge in [0.25, 0.3) is 0 Å². The third kappa shape index (κ3) is 2.76. The molecule has 1 aromatic carbocycles. The van der Waals surface area contributed by atoms with Gasteiger partial charge in [-0.1, -0.05) is 19.0 Å². The van der Waals surface area contributed by atoms with E-state index >= 15 is 0 Å². The average Bonchev–Trinajstić information content (AvgIpc) is 2.81. The van der Waals surface area contributed by atoms with Gasteiger partial charge in [-0.25, -0.2) is 4.39 Å². The summed E-state index contributed by atoms with van der Waals surface area (Å²) in [7, 11) is 0. The number of Topliss-reactive ketones (excluding diaryl/α,β-unsaturated/α-hetero) is 1. The summed E-state index contributed by atoms with van der Waals surface area (Å²) < 4.78 is 18.4. The first-order chi connectivity index (χ1) is 9.40. The second-order valence-corrected chi connectivity index (χ2v) is 5.25. The summed E-state index contributed by atoms with van der Waals surface area (Å²) >= 11 is 0. The van der Waals surface area contributed by atoms with Crippen LogP contribution in [0.25, 0.3) is 11.4 Å². The third-order valence-corrected chi connectivity index (χ3v) is 3.23. The number of rotatable bonds is 4. The summed E-state index contributed by atoms with van der Waals surface area (Å²) in [6, 6.07) is 4.61. The number of benzene rings is 1. The van der Waals surface area contributed by atoms with Gasteiger partial charge in [0.1, 0.15) is 11.6 Å². The number of aromatic nitrogens is 2. The number of aryl methyl sites for hydroxylation is 1. The molecule has 2 rings (SSSR count). The molecule has 0 bridgehead atoms. The summed E-state index contributed by atoms with van der Waals surface area (Å²) in [6.07, 6.45) is 0. The van der Waals surface area contributed by atoms with Crippen LogP contribution < -0.4 is 0 Å². The molecule has 0 aliphatic heterocycles. The summed E-state index contributed by atoms with van der Waals surface area (Å²) in [4.78, 5) is 15.9. The molecule has 4 nitrogen and oxygen atoms in total. The van der Waals surface area contributed by atoms with Crippen LogP contribution in [0.2, 0.25) is 0 Å². The smallest absolute Gasteiger partial charge is 0.237 e. The van der Waals surface area contributed by atoms with Crippen molar-refractivity contribution in [2.45, 2.75) is 33.6 Å². The van der Waals surface area contributed by atoms with E-state index in [0.717, 1.165) is 0 Å². The van der Waals surface area contributed by atoms with Crippen LogP contribution in [-0.2, 0) is 4.79 Å². The van der Waals surface area contributed by atoms with Gasteiger partial charge in [0.05, 0.1) is 5.92 Å². The van der Waals surface area contributed by atoms with Crippen molar-refractivity contribution in [2.75, 3.05) is 0 Å². The summed E-state index contributed by atoms with van der Waals surface area (Å²) in [5.41, 5.74) is 1.19. The maximum absolute atomic E-state index is 13.3. The highest BCUT2D eigenvalue weighted by molar-refractivity contribution is 5.82. The predicted molar refractivity (Wildman–Crippen MR) is 72.7 cm³/mol. The lowest BCUT2D eigenvalue weighted by molar-refractivity contribution is -0.119. The molecule has 0 radical (unpaired) electrons. The Morgan fingerprint density at radius 2 is 2.05 bits per heavy atom. The predicted octanol–water partition coefficient (Wildman–Crippen LogP) is 3.51. The van der Waals surface area contributed by atoms with E-state index < -0.39 is 5.92 Å². The zero-order valence-corrected chi connectivity index (χ0v) is 12.0. The quantitative estimate of drug-likeness (QED) is 0.857. The maximum atomic E-state index is 13.3. The normalized spacial score (nSPS) is 12.7. The SMILES string of the molecule is CC(=O)C(c1nc(-c2ccc(F)c(C)c2)no1)C(C)C. The van der Waals surface area contributed by atoms with Crippen molar-refractivity contribution in [3.8, 4) is 11.4 Å². The van der Waals surface area contributed by atoms with Crippen molar-refractivity contribution in [1.82, 2.24) is 10.1 Å². The van der Waals surface area contributed by atoms with Gasteiger partial charge in [-0.3, -0.25) is 4.79 Å². The van der Waals surface area contributed by atoms with E-state index in [1.165, 1.54) is 13.0 Å². The topological polar surface area (TPSA) is 56.0 Å². The van der Waals surface area contributed by atoms with Crippen LogP contribution in [0.3, 0.4) is 0 Å². The van der Waals surface area contributed by atoms with Gasteiger partial charge in [-0.05, 0) is 43.5 Å². The second kappa shape index (κ2) is 5.53. The molecule has 0 amide bonds. The largest absolute Gasteiger partial charge is 0.338 e. The van der Waals surface area contributed by atoms with Gasteiger partial charge >= 0.3 is 0 Å². The highest BCUT2D eigenvalue weighted by Crippen LogP contribution is 2.26. The fourth-order valence-electron chi connectivity index (χ4n) is 2.19. The molecule has 0 aliphatic carbocycles. The molecule has 0 fully saturated rings. The molecule has 1 aromatic heterocycles. The Labute approximate surface area is 117 Å². The van der Waals surface area contributed by atoms with Crippen molar-refractivity contribution < 1.29 is 13.7 Å². The Hall–Kier alpha value is -2.04. The highest BCUT2D eigenvalue weighted by atomic mass is 19.1. The molecule has 1 unspecified atom stereocenters. The zero-order valence-electron chi connectivity index (χ0n) is 12.0. The summed E-state index contributed by atoms with van der Waals surface area (Å²) in [6.45, 7) is 7.04. The first-order valence-electron chi connectivity index (χ1n) is 6.50. The number of hydrogen-bond donors (Lipinski definition) is 0. The molecule has 0 saturated carbocycles. The molecule has 1 atom stereocenters. The minimum Gasteiger partial charge on any atom is -0.338 e. The Kier molecular flexibility index (Phi) is 3.97. The molecule has 1 heterocycles. The van der Waals surface area contributed by atoms with Crippen molar-refractivity contribution in [1.29, 1.82) is 0 Å². The second-order valence-electron chi connectivity index (χ2n) is 5.25. The van der Waals surface area contributed by atoms with E-state index in [4.69, 9.17) is 4.52 Å². The van der Waals surface area contributed by atoms with Crippen LogP contribution in [0.4, 0.5) is 4.39 Å². The molecule has 20 heavy (non-hydrogen) atoms. The summed E-state index contributed by atoms with van der Waals surface area (Å²) in [5.74, 6) is 0.0692. The highest BCUT2D eigenvalue weighted by Gasteiger charge is 2.27. The Bertz CT molecular complexity index is 635. The van der Waals surface area contributed by atoms with Gasteiger partial charge in [0.2, 0.25) is 11.7 Å². The van der Waals surface area contributed by atoms with Crippen LogP contribution in [0, 0.1) is 18.7 Å². The van der Waals surface area contributed by atoms with E-state index in [-0.39, 0.29) is 17.5 Å². The van der Waals surface area contributed by atoms with Gasteiger partial charge in [-0.2, -0.15) is 4.98 Å². The minimum atomic E-state index is -0.405. The number of carbonyl (C=O) groups is 1. The zero-order chi connectivity index (χ0) is 14.9. The first-order valence-corrected chi connectivity index (χ1v) is 6.50. The molecule has 0 spiro atoms. The standard InChI is InChI=1S/C15H17FN2O2/c1-8(2)13(10(4)19)15-17-14(18-20-15)11-5-6-12(16)9(3)7-11/h5-8,13H,1-4H3. The third-order valence-electron chi connectivity index (χ3n) is 3.23. The molecule has 5 heteroatoms. The van der Waals surface area contributed by atoms with E-state index in [1.807, 2.05) is 13.8 Å². The number of nitrogens with zero attached hydrogens (tertiary/aromatic N) is 2. The fourth-order valence-corrected chi connectivity index (χ4v) is 2.19. The van der Waals surface area contributed by atoms with Crippen LogP contribution in [-0.4, -0.2) is 15.9 Å². The monoisotopic (exact) mass is 276 g/mol. The van der Waals surface area contributed by atoms with E-state index in [9.17, 15) is 9.18 Å².